The number of hydrogen-bond acceptors (Lipinski definition) is 2. The Balaban J connectivity index is 1.09. The second-order valence-electron chi connectivity index (χ2n) is 16.6. The van der Waals surface area contributed by atoms with Crippen molar-refractivity contribution in [1.29, 1.82) is 0 Å². The topological polar surface area (TPSA) is 30.7 Å². The highest BCUT2D eigenvalue weighted by molar-refractivity contribution is 6.15. The molecule has 3 heteroatoms. The molecule has 0 spiro atoms. The fourth-order valence-electron chi connectivity index (χ4n) is 10.1. The summed E-state index contributed by atoms with van der Waals surface area (Å²) in [5.74, 6) is 0.706. The Morgan fingerprint density at radius 1 is 0.433 bits per heavy atom. The fraction of sp³-hybridized carbons (Fsp3) is 0.0526. The first kappa shape index (κ1) is 34.4. The third kappa shape index (κ3) is 5.22. The lowest BCUT2D eigenvalue weighted by molar-refractivity contribution is 0.662. The van der Waals surface area contributed by atoms with Gasteiger partial charge in [0, 0.05) is 44.8 Å². The van der Waals surface area contributed by atoms with E-state index in [1.165, 1.54) is 76.7 Å². The number of fused-ring (bicyclic) bond motifs is 9. The van der Waals surface area contributed by atoms with Gasteiger partial charge in [-0.25, -0.2) is 9.97 Å². The molecule has 282 valence electrons. The van der Waals surface area contributed by atoms with Crippen molar-refractivity contribution in [3.63, 3.8) is 0 Å². The van der Waals surface area contributed by atoms with Gasteiger partial charge in [-0.15, -0.1) is 0 Å². The second kappa shape index (κ2) is 13.2. The van der Waals surface area contributed by atoms with E-state index < -0.39 is 0 Å². The van der Waals surface area contributed by atoms with Crippen LogP contribution < -0.4 is 0 Å². The smallest absolute Gasteiger partial charge is 0.159 e. The van der Waals surface area contributed by atoms with E-state index in [0.29, 0.717) is 5.82 Å². The molecule has 0 fully saturated rings. The number of nitrogens with zero attached hydrogens (tertiary/aromatic N) is 3. The normalized spacial score (nSPS) is 13.0. The van der Waals surface area contributed by atoms with Crippen molar-refractivity contribution in [3.8, 4) is 61.7 Å². The largest absolute Gasteiger partial charge is 0.309 e. The molecular formula is C57H39N3. The molecule has 0 aliphatic heterocycles. The number of para-hydroxylation sites is 1. The first-order chi connectivity index (χ1) is 29.5. The Labute approximate surface area is 348 Å². The molecule has 0 amide bonds. The van der Waals surface area contributed by atoms with Crippen LogP contribution in [-0.2, 0) is 5.41 Å². The number of aromatic nitrogens is 3. The molecule has 60 heavy (non-hydrogen) atoms. The summed E-state index contributed by atoms with van der Waals surface area (Å²) in [6.45, 7) is 4.75. The molecule has 1 aliphatic rings. The molecule has 0 N–H and O–H groups in total. The molecule has 0 unspecified atom stereocenters. The average Bonchev–Trinajstić information content (AvgIpc) is 3.77. The van der Waals surface area contributed by atoms with Crippen molar-refractivity contribution in [2.75, 3.05) is 0 Å². The van der Waals surface area contributed by atoms with Crippen molar-refractivity contribution in [2.24, 2.45) is 0 Å². The molecule has 3 nitrogen and oxygen atoms in total. The van der Waals surface area contributed by atoms with Crippen LogP contribution in [0.4, 0.5) is 0 Å². The monoisotopic (exact) mass is 765 g/mol. The third-order valence-electron chi connectivity index (χ3n) is 12.8. The van der Waals surface area contributed by atoms with Gasteiger partial charge in [0.15, 0.2) is 5.82 Å². The van der Waals surface area contributed by atoms with E-state index >= 15 is 0 Å². The predicted molar refractivity (Wildman–Crippen MR) is 251 cm³/mol. The lowest BCUT2D eigenvalue weighted by Gasteiger charge is -2.24. The maximum absolute atomic E-state index is 5.03. The summed E-state index contributed by atoms with van der Waals surface area (Å²) in [7, 11) is 0. The van der Waals surface area contributed by atoms with Crippen LogP contribution in [0.15, 0.2) is 200 Å². The van der Waals surface area contributed by atoms with E-state index in [2.05, 4.69) is 188 Å². The summed E-state index contributed by atoms with van der Waals surface area (Å²) in [5, 5.41) is 7.43. The van der Waals surface area contributed by atoms with Gasteiger partial charge < -0.3 is 4.57 Å². The average molecular weight is 766 g/mol. The van der Waals surface area contributed by atoms with Gasteiger partial charge in [-0.05, 0) is 96.9 Å². The fourth-order valence-corrected chi connectivity index (χ4v) is 10.1. The maximum Gasteiger partial charge on any atom is 0.159 e. The molecule has 0 saturated carbocycles. The van der Waals surface area contributed by atoms with Crippen LogP contribution in [0.1, 0.15) is 25.0 Å². The van der Waals surface area contributed by atoms with Gasteiger partial charge in [-0.3, -0.25) is 0 Å². The summed E-state index contributed by atoms with van der Waals surface area (Å²) in [6, 6.07) is 70.7. The molecule has 2 heterocycles. The Hall–Kier alpha value is -7.62. The van der Waals surface area contributed by atoms with Crippen molar-refractivity contribution >= 4 is 43.4 Å². The molecule has 12 rings (SSSR count). The van der Waals surface area contributed by atoms with Crippen molar-refractivity contribution < 1.29 is 0 Å². The molecule has 9 aromatic carbocycles. The quantitative estimate of drug-likeness (QED) is 0.163. The Morgan fingerprint density at radius 2 is 1.12 bits per heavy atom. The minimum absolute atomic E-state index is 0.122. The summed E-state index contributed by atoms with van der Waals surface area (Å²) in [6.07, 6.45) is 1.86. The highest BCUT2D eigenvalue weighted by atomic mass is 15.0. The second-order valence-corrected chi connectivity index (χ2v) is 16.6. The van der Waals surface area contributed by atoms with E-state index in [-0.39, 0.29) is 5.41 Å². The third-order valence-corrected chi connectivity index (χ3v) is 12.8. The molecule has 0 radical (unpaired) electrons. The zero-order valence-electron chi connectivity index (χ0n) is 33.4. The molecule has 11 aromatic rings. The Bertz CT molecular complexity index is 3520. The van der Waals surface area contributed by atoms with E-state index in [4.69, 9.17) is 9.97 Å². The zero-order valence-corrected chi connectivity index (χ0v) is 33.4. The van der Waals surface area contributed by atoms with Crippen molar-refractivity contribution in [1.82, 2.24) is 14.5 Å². The Kier molecular flexibility index (Phi) is 7.58. The van der Waals surface area contributed by atoms with Gasteiger partial charge >= 0.3 is 0 Å². The summed E-state index contributed by atoms with van der Waals surface area (Å²) in [5.41, 5.74) is 16.6. The number of rotatable bonds is 5. The summed E-state index contributed by atoms with van der Waals surface area (Å²) in [4.78, 5) is 9.78. The highest BCUT2D eigenvalue weighted by Gasteiger charge is 2.37. The lowest BCUT2D eigenvalue weighted by atomic mass is 9.79. The summed E-state index contributed by atoms with van der Waals surface area (Å²) < 4.78 is 2.48. The minimum atomic E-state index is -0.122. The minimum Gasteiger partial charge on any atom is -0.309 e. The Morgan fingerprint density at radius 3 is 2.05 bits per heavy atom. The van der Waals surface area contributed by atoms with Crippen LogP contribution in [0.2, 0.25) is 0 Å². The van der Waals surface area contributed by atoms with Gasteiger partial charge in [0.1, 0.15) is 0 Å². The lowest BCUT2D eigenvalue weighted by Crippen LogP contribution is -2.16. The molecule has 0 bridgehead atoms. The molecular weight excluding hydrogens is 727 g/mol. The van der Waals surface area contributed by atoms with Crippen LogP contribution >= 0.6 is 0 Å². The molecule has 2 aromatic heterocycles. The van der Waals surface area contributed by atoms with E-state index in [0.717, 1.165) is 33.6 Å². The number of hydrogen-bond donors (Lipinski definition) is 0. The molecule has 0 saturated heterocycles. The van der Waals surface area contributed by atoms with Gasteiger partial charge in [0.05, 0.1) is 16.7 Å². The van der Waals surface area contributed by atoms with Crippen LogP contribution in [0, 0.1) is 0 Å². The SMILES string of the molecule is CC1(C)c2ccccc2-c2cccc(-c3ccc4c(c3)c3cccc(-c5cccc(-c6nccc(-c7ccccc7)n6)c5)c3n4-c3ccc4c(ccc5ccccc54)c3)c21. The number of benzene rings is 9. The van der Waals surface area contributed by atoms with Crippen molar-refractivity contribution in [2.45, 2.75) is 19.3 Å². The van der Waals surface area contributed by atoms with Gasteiger partial charge in [-0.2, -0.15) is 0 Å². The predicted octanol–water partition coefficient (Wildman–Crippen LogP) is 14.9. The molecule has 1 aliphatic carbocycles. The van der Waals surface area contributed by atoms with Gasteiger partial charge in [0.2, 0.25) is 0 Å². The van der Waals surface area contributed by atoms with Crippen LogP contribution in [0.5, 0.6) is 0 Å². The zero-order chi connectivity index (χ0) is 40.0. The van der Waals surface area contributed by atoms with Crippen LogP contribution in [0.25, 0.3) is 105 Å². The molecule has 0 atom stereocenters. The highest BCUT2D eigenvalue weighted by Crippen LogP contribution is 2.52. The van der Waals surface area contributed by atoms with Crippen LogP contribution in [0.3, 0.4) is 0 Å². The standard InChI is InChI=1S/C57H39N3/c1-57(2)51-24-9-8-19-47(51)48-22-11-20-45(54(48)57)40-27-30-53-50(35-40)49-23-12-21-46(38-16-10-17-41(33-38)56-58-32-31-52(59-56)37-14-4-3-5-15-37)55(49)60(53)42-28-29-44-39(34-42)26-25-36-13-6-7-18-43(36)44/h3-35H,1-2H3. The van der Waals surface area contributed by atoms with Crippen LogP contribution in [-0.4, -0.2) is 14.5 Å². The first-order valence-electron chi connectivity index (χ1n) is 20.7. The van der Waals surface area contributed by atoms with E-state index in [1.54, 1.807) is 0 Å². The van der Waals surface area contributed by atoms with Gasteiger partial charge in [0.25, 0.3) is 0 Å². The van der Waals surface area contributed by atoms with Gasteiger partial charge in [-0.1, -0.05) is 172 Å². The summed E-state index contributed by atoms with van der Waals surface area (Å²) >= 11 is 0. The first-order valence-corrected chi connectivity index (χ1v) is 20.7. The van der Waals surface area contributed by atoms with E-state index in [9.17, 15) is 0 Å². The maximum atomic E-state index is 5.03. The van der Waals surface area contributed by atoms with Crippen molar-refractivity contribution in [3.05, 3.63) is 211 Å². The van der Waals surface area contributed by atoms with E-state index in [1.807, 2.05) is 30.5 Å².